The number of hydrogen-bond acceptors (Lipinski definition) is 5. The molecule has 1 unspecified atom stereocenters. The number of hydrogen-bond donors (Lipinski definition) is 3. The lowest BCUT2D eigenvalue weighted by molar-refractivity contribution is -0.120. The third kappa shape index (κ3) is 4.58. The highest BCUT2D eigenvalue weighted by atomic mass is 16.3. The summed E-state index contributed by atoms with van der Waals surface area (Å²) >= 11 is 0. The summed E-state index contributed by atoms with van der Waals surface area (Å²) in [6.45, 7) is 0.949. The molecule has 1 aromatic carbocycles. The number of carbonyl (C=O) groups is 2. The van der Waals surface area contributed by atoms with Gasteiger partial charge in [-0.3, -0.25) is 9.59 Å². The van der Waals surface area contributed by atoms with E-state index in [1.165, 1.54) is 0 Å². The Bertz CT molecular complexity index is 737. The van der Waals surface area contributed by atoms with Crippen LogP contribution in [0.5, 0.6) is 0 Å². The van der Waals surface area contributed by atoms with Crippen molar-refractivity contribution in [3.05, 3.63) is 29.8 Å². The van der Waals surface area contributed by atoms with Crippen LogP contribution in [0, 0.1) is 11.3 Å². The largest absolute Gasteiger partial charge is 0.391 e. The van der Waals surface area contributed by atoms with Gasteiger partial charge in [-0.15, -0.1) is 0 Å². The Labute approximate surface area is 159 Å². The number of anilines is 1. The Hall–Kier alpha value is -2.59. The fourth-order valence-electron chi connectivity index (χ4n) is 3.86. The topological polar surface area (TPSA) is 105 Å². The van der Waals surface area contributed by atoms with Crippen molar-refractivity contribution in [2.75, 3.05) is 25.0 Å². The van der Waals surface area contributed by atoms with Gasteiger partial charge < -0.3 is 20.6 Å². The molecular formula is C20H26N4O3. The molecule has 1 aliphatic carbocycles. The zero-order valence-electron chi connectivity index (χ0n) is 15.4. The van der Waals surface area contributed by atoms with Crippen LogP contribution in [-0.4, -0.2) is 53.1 Å². The van der Waals surface area contributed by atoms with E-state index in [4.69, 9.17) is 0 Å². The van der Waals surface area contributed by atoms with Gasteiger partial charge in [-0.2, -0.15) is 5.26 Å². The molecule has 1 atom stereocenters. The summed E-state index contributed by atoms with van der Waals surface area (Å²) in [7, 11) is 0. The minimum absolute atomic E-state index is 0.00362. The van der Waals surface area contributed by atoms with Gasteiger partial charge in [0.2, 0.25) is 5.91 Å². The number of carbonyl (C=O) groups excluding carboxylic acids is 2. The van der Waals surface area contributed by atoms with Crippen molar-refractivity contribution in [1.82, 2.24) is 10.2 Å². The van der Waals surface area contributed by atoms with E-state index in [0.717, 1.165) is 19.3 Å². The molecule has 1 heterocycles. The van der Waals surface area contributed by atoms with Crippen molar-refractivity contribution < 1.29 is 14.7 Å². The van der Waals surface area contributed by atoms with Crippen molar-refractivity contribution in [2.24, 2.45) is 0 Å². The molecule has 3 N–H and O–H groups in total. The maximum Gasteiger partial charge on any atom is 0.256 e. The normalized spacial score (nSPS) is 21.3. The number of aliphatic hydroxyl groups is 1. The zero-order chi connectivity index (χ0) is 19.3. The molecule has 3 rings (SSSR count). The second kappa shape index (κ2) is 8.40. The van der Waals surface area contributed by atoms with Crippen molar-refractivity contribution in [2.45, 2.75) is 50.2 Å². The number of β-amino-alcohol motifs (C(OH)–C–C–N with tert-alkyl or cyclic N) is 1. The van der Waals surface area contributed by atoms with E-state index < -0.39 is 11.6 Å². The van der Waals surface area contributed by atoms with Gasteiger partial charge in [-0.05, 0) is 50.7 Å². The maximum atomic E-state index is 12.8. The second-order valence-electron chi connectivity index (χ2n) is 7.40. The van der Waals surface area contributed by atoms with E-state index in [2.05, 4.69) is 16.7 Å². The third-order valence-corrected chi connectivity index (χ3v) is 5.33. The smallest absolute Gasteiger partial charge is 0.256 e. The van der Waals surface area contributed by atoms with Gasteiger partial charge in [0, 0.05) is 18.8 Å². The Morgan fingerprint density at radius 1 is 1.26 bits per heavy atom. The number of piperidine rings is 1. The number of rotatable bonds is 5. The van der Waals surface area contributed by atoms with Crippen LogP contribution in [0.4, 0.5) is 5.69 Å². The highest BCUT2D eigenvalue weighted by molar-refractivity contribution is 6.00. The van der Waals surface area contributed by atoms with Gasteiger partial charge >= 0.3 is 0 Å². The second-order valence-corrected chi connectivity index (χ2v) is 7.40. The fraction of sp³-hybridized carbons (Fsp3) is 0.550. The molecule has 0 radical (unpaired) electrons. The van der Waals surface area contributed by atoms with Crippen LogP contribution in [0.15, 0.2) is 24.3 Å². The summed E-state index contributed by atoms with van der Waals surface area (Å²) in [6, 6.07) is 9.30. The van der Waals surface area contributed by atoms with Gasteiger partial charge in [0.15, 0.2) is 0 Å². The van der Waals surface area contributed by atoms with E-state index in [9.17, 15) is 20.0 Å². The lowest BCUT2D eigenvalue weighted by Crippen LogP contribution is -2.47. The number of benzene rings is 1. The molecule has 7 heteroatoms. The zero-order valence-corrected chi connectivity index (χ0v) is 15.4. The molecule has 2 amide bonds. The van der Waals surface area contributed by atoms with E-state index in [-0.39, 0.29) is 18.4 Å². The molecule has 144 valence electrons. The summed E-state index contributed by atoms with van der Waals surface area (Å²) in [4.78, 5) is 26.8. The number of likely N-dealkylation sites (tertiary alicyclic amines) is 1. The summed E-state index contributed by atoms with van der Waals surface area (Å²) in [5.41, 5.74) is 0.309. The molecule has 27 heavy (non-hydrogen) atoms. The van der Waals surface area contributed by atoms with Crippen molar-refractivity contribution >= 4 is 17.5 Å². The van der Waals surface area contributed by atoms with Crippen LogP contribution in [0.25, 0.3) is 0 Å². The first-order valence-electron chi connectivity index (χ1n) is 9.55. The van der Waals surface area contributed by atoms with E-state index >= 15 is 0 Å². The average molecular weight is 370 g/mol. The predicted octanol–water partition coefficient (Wildman–Crippen LogP) is 1.65. The third-order valence-electron chi connectivity index (χ3n) is 5.33. The molecule has 1 aliphatic heterocycles. The minimum atomic E-state index is -0.752. The fourth-order valence-corrected chi connectivity index (χ4v) is 3.86. The molecule has 0 aromatic heterocycles. The van der Waals surface area contributed by atoms with E-state index in [1.54, 1.807) is 29.2 Å². The number of nitrogens with zero attached hydrogens (tertiary/aromatic N) is 2. The molecule has 0 bridgehead atoms. The number of amides is 2. The summed E-state index contributed by atoms with van der Waals surface area (Å²) in [6.07, 6.45) is 4.26. The summed E-state index contributed by atoms with van der Waals surface area (Å²) in [5.74, 6) is -0.407. The molecule has 2 aliphatic rings. The van der Waals surface area contributed by atoms with Gasteiger partial charge in [0.1, 0.15) is 5.54 Å². The Morgan fingerprint density at radius 3 is 2.70 bits per heavy atom. The SMILES string of the molecule is N#CC1(NC(=O)CNc2ccccc2C(=O)N2CCCC(O)C2)CCCC1. The van der Waals surface area contributed by atoms with Crippen LogP contribution in [-0.2, 0) is 4.79 Å². The first-order valence-corrected chi connectivity index (χ1v) is 9.55. The Kier molecular flexibility index (Phi) is 5.97. The molecular weight excluding hydrogens is 344 g/mol. The highest BCUT2D eigenvalue weighted by Crippen LogP contribution is 2.28. The number of para-hydroxylation sites is 1. The molecule has 7 nitrogen and oxygen atoms in total. The monoisotopic (exact) mass is 370 g/mol. The molecule has 1 saturated carbocycles. The lowest BCUT2D eigenvalue weighted by atomic mass is 10.00. The first kappa shape index (κ1) is 19.2. The summed E-state index contributed by atoms with van der Waals surface area (Å²) in [5, 5.41) is 25.1. The Balaban J connectivity index is 1.63. The number of nitriles is 1. The number of nitrogens with one attached hydrogen (secondary N) is 2. The minimum Gasteiger partial charge on any atom is -0.391 e. The molecule has 2 fully saturated rings. The van der Waals surface area contributed by atoms with Gasteiger partial charge in [0.05, 0.1) is 24.3 Å². The van der Waals surface area contributed by atoms with Crippen molar-refractivity contribution in [1.29, 1.82) is 5.26 Å². The first-order chi connectivity index (χ1) is 13.0. The lowest BCUT2D eigenvalue weighted by Gasteiger charge is -2.30. The molecule has 0 spiro atoms. The van der Waals surface area contributed by atoms with Gasteiger partial charge in [0.25, 0.3) is 5.91 Å². The average Bonchev–Trinajstić information content (AvgIpc) is 3.15. The van der Waals surface area contributed by atoms with Gasteiger partial charge in [-0.1, -0.05) is 12.1 Å². The van der Waals surface area contributed by atoms with Crippen LogP contribution in [0.1, 0.15) is 48.9 Å². The van der Waals surface area contributed by atoms with Crippen LogP contribution < -0.4 is 10.6 Å². The Morgan fingerprint density at radius 2 is 2.00 bits per heavy atom. The predicted molar refractivity (Wildman–Crippen MR) is 101 cm³/mol. The van der Waals surface area contributed by atoms with Crippen molar-refractivity contribution in [3.8, 4) is 6.07 Å². The van der Waals surface area contributed by atoms with Gasteiger partial charge in [-0.25, -0.2) is 0 Å². The van der Waals surface area contributed by atoms with Crippen LogP contribution >= 0.6 is 0 Å². The standard InChI is InChI=1S/C20H26N4O3/c21-14-20(9-3-4-10-20)23-18(26)12-22-17-8-2-1-7-16(17)19(27)24-11-5-6-15(25)13-24/h1-2,7-8,15,22,25H,3-6,9-13H2,(H,23,26). The maximum absolute atomic E-state index is 12.8. The van der Waals surface area contributed by atoms with E-state index in [0.29, 0.717) is 43.6 Å². The van der Waals surface area contributed by atoms with Crippen molar-refractivity contribution in [3.63, 3.8) is 0 Å². The number of aliphatic hydroxyl groups excluding tert-OH is 1. The van der Waals surface area contributed by atoms with E-state index in [1.807, 2.05) is 0 Å². The highest BCUT2D eigenvalue weighted by Gasteiger charge is 2.35. The molecule has 1 saturated heterocycles. The molecule has 1 aromatic rings. The summed E-state index contributed by atoms with van der Waals surface area (Å²) < 4.78 is 0. The van der Waals surface area contributed by atoms with Crippen LogP contribution in [0.2, 0.25) is 0 Å². The quantitative estimate of drug-likeness (QED) is 0.731. The van der Waals surface area contributed by atoms with Crippen LogP contribution in [0.3, 0.4) is 0 Å².